The summed E-state index contributed by atoms with van der Waals surface area (Å²) in [7, 11) is 0. The first kappa shape index (κ1) is 13.7. The Hall–Kier alpha value is -2.26. The summed E-state index contributed by atoms with van der Waals surface area (Å²) in [6.45, 7) is 3.72. The van der Waals surface area contributed by atoms with Crippen molar-refractivity contribution in [2.45, 2.75) is 13.8 Å². The summed E-state index contributed by atoms with van der Waals surface area (Å²) < 4.78 is 5.89. The molecule has 0 amide bonds. The van der Waals surface area contributed by atoms with Crippen molar-refractivity contribution >= 4 is 28.3 Å². The van der Waals surface area contributed by atoms with Crippen LogP contribution in [0.15, 0.2) is 45.6 Å². The van der Waals surface area contributed by atoms with Crippen LogP contribution in [0.2, 0.25) is 5.02 Å². The van der Waals surface area contributed by atoms with Gasteiger partial charge < -0.3 is 10.2 Å². The van der Waals surface area contributed by atoms with Gasteiger partial charge in [0.25, 0.3) is 0 Å². The summed E-state index contributed by atoms with van der Waals surface area (Å²) in [5.74, 6) is 0.501. The van der Waals surface area contributed by atoms with E-state index in [1.165, 1.54) is 6.07 Å². The largest absolute Gasteiger partial charge is 0.456 e. The smallest absolute Gasteiger partial charge is 0.193 e. The third-order valence-electron chi connectivity index (χ3n) is 3.54. The van der Waals surface area contributed by atoms with Gasteiger partial charge in [0.05, 0.1) is 5.39 Å². The van der Waals surface area contributed by atoms with Crippen LogP contribution in [-0.2, 0) is 0 Å². The average Bonchev–Trinajstić information content (AvgIpc) is 2.44. The van der Waals surface area contributed by atoms with Crippen molar-refractivity contribution in [3.8, 4) is 11.3 Å². The van der Waals surface area contributed by atoms with Crippen LogP contribution >= 0.6 is 11.6 Å². The Labute approximate surface area is 127 Å². The number of nitrogen functional groups attached to an aromatic ring is 1. The third-order valence-corrected chi connectivity index (χ3v) is 4.13. The van der Waals surface area contributed by atoms with Gasteiger partial charge in [0, 0.05) is 22.3 Å². The minimum Gasteiger partial charge on any atom is -0.456 e. The van der Waals surface area contributed by atoms with Gasteiger partial charge in [-0.05, 0) is 43.2 Å². The van der Waals surface area contributed by atoms with Crippen molar-refractivity contribution in [2.75, 3.05) is 5.73 Å². The Bertz CT molecular complexity index is 913. The van der Waals surface area contributed by atoms with Gasteiger partial charge >= 0.3 is 0 Å². The van der Waals surface area contributed by atoms with Crippen molar-refractivity contribution in [2.24, 2.45) is 0 Å². The van der Waals surface area contributed by atoms with Gasteiger partial charge in [-0.25, -0.2) is 0 Å². The Kier molecular flexibility index (Phi) is 3.22. The summed E-state index contributed by atoms with van der Waals surface area (Å²) in [5, 5.41) is 1.13. The van der Waals surface area contributed by atoms with E-state index in [-0.39, 0.29) is 5.43 Å². The molecular weight excluding hydrogens is 286 g/mol. The fraction of sp³-hybridized carbons (Fsp3) is 0.118. The molecule has 3 rings (SSSR count). The average molecular weight is 300 g/mol. The predicted octanol–water partition coefficient (Wildman–Crippen LogP) is 4.31. The van der Waals surface area contributed by atoms with Crippen LogP contribution in [0.5, 0.6) is 0 Å². The SMILES string of the molecule is Cc1cc2oc(-c3cccc(N)c3)cc(=O)c2c(C)c1Cl. The van der Waals surface area contributed by atoms with Crippen molar-refractivity contribution in [1.29, 1.82) is 0 Å². The van der Waals surface area contributed by atoms with Crippen LogP contribution < -0.4 is 11.2 Å². The number of fused-ring (bicyclic) bond motifs is 1. The first-order valence-electron chi connectivity index (χ1n) is 6.57. The van der Waals surface area contributed by atoms with Crippen LogP contribution in [0, 0.1) is 13.8 Å². The maximum Gasteiger partial charge on any atom is 0.193 e. The third kappa shape index (κ3) is 2.30. The van der Waals surface area contributed by atoms with E-state index < -0.39 is 0 Å². The minimum absolute atomic E-state index is 0.104. The Morgan fingerprint density at radius 3 is 2.62 bits per heavy atom. The molecule has 0 unspecified atom stereocenters. The minimum atomic E-state index is -0.104. The maximum atomic E-state index is 12.4. The summed E-state index contributed by atoms with van der Waals surface area (Å²) in [6, 6.07) is 10.5. The maximum absolute atomic E-state index is 12.4. The standard InChI is InChI=1S/C17H14ClNO2/c1-9-6-15-16(10(2)17(9)18)13(20)8-14(21-15)11-4-3-5-12(19)7-11/h3-8H,19H2,1-2H3. The summed E-state index contributed by atoms with van der Waals surface area (Å²) in [4.78, 5) is 12.4. The lowest BCUT2D eigenvalue weighted by atomic mass is 10.0. The van der Waals surface area contributed by atoms with Crippen molar-refractivity contribution in [1.82, 2.24) is 0 Å². The number of hydrogen-bond donors (Lipinski definition) is 1. The molecule has 0 atom stereocenters. The van der Waals surface area contributed by atoms with Gasteiger partial charge in [-0.15, -0.1) is 0 Å². The van der Waals surface area contributed by atoms with E-state index in [1.807, 2.05) is 26.0 Å². The Morgan fingerprint density at radius 2 is 1.90 bits per heavy atom. The molecule has 0 saturated carbocycles. The number of hydrogen-bond acceptors (Lipinski definition) is 3. The van der Waals surface area contributed by atoms with Crippen LogP contribution in [0.25, 0.3) is 22.3 Å². The summed E-state index contributed by atoms with van der Waals surface area (Å²) >= 11 is 6.21. The molecule has 2 N–H and O–H groups in total. The first-order chi connectivity index (χ1) is 9.97. The van der Waals surface area contributed by atoms with Crippen LogP contribution in [0.1, 0.15) is 11.1 Å². The predicted molar refractivity (Wildman–Crippen MR) is 86.8 cm³/mol. The first-order valence-corrected chi connectivity index (χ1v) is 6.94. The molecule has 0 radical (unpaired) electrons. The second-order valence-corrected chi connectivity index (χ2v) is 5.48. The summed E-state index contributed by atoms with van der Waals surface area (Å²) in [6.07, 6.45) is 0. The molecular formula is C17H14ClNO2. The number of aryl methyl sites for hydroxylation is 2. The highest BCUT2D eigenvalue weighted by molar-refractivity contribution is 6.33. The molecule has 3 aromatic rings. The number of halogens is 1. The molecule has 0 bridgehead atoms. The van der Waals surface area contributed by atoms with E-state index in [4.69, 9.17) is 21.8 Å². The molecule has 0 saturated heterocycles. The second-order valence-electron chi connectivity index (χ2n) is 5.11. The van der Waals surface area contributed by atoms with Gasteiger partial charge in [-0.2, -0.15) is 0 Å². The van der Waals surface area contributed by atoms with Gasteiger partial charge in [0.1, 0.15) is 11.3 Å². The molecule has 0 aliphatic rings. The van der Waals surface area contributed by atoms with Crippen molar-refractivity contribution < 1.29 is 4.42 Å². The quantitative estimate of drug-likeness (QED) is 0.681. The fourth-order valence-corrected chi connectivity index (χ4v) is 2.63. The molecule has 3 nitrogen and oxygen atoms in total. The Balaban J connectivity index is 2.34. The highest BCUT2D eigenvalue weighted by Crippen LogP contribution is 2.30. The van der Waals surface area contributed by atoms with Gasteiger partial charge in [-0.1, -0.05) is 23.7 Å². The molecule has 4 heteroatoms. The second kappa shape index (κ2) is 4.93. The van der Waals surface area contributed by atoms with Gasteiger partial charge in [-0.3, -0.25) is 4.79 Å². The fourth-order valence-electron chi connectivity index (χ4n) is 2.48. The molecule has 0 fully saturated rings. The lowest BCUT2D eigenvalue weighted by molar-refractivity contribution is 0.618. The molecule has 1 heterocycles. The molecule has 21 heavy (non-hydrogen) atoms. The number of rotatable bonds is 1. The molecule has 0 aliphatic heterocycles. The number of nitrogens with two attached hydrogens (primary N) is 1. The molecule has 0 aliphatic carbocycles. The highest BCUT2D eigenvalue weighted by Gasteiger charge is 2.13. The number of anilines is 1. The topological polar surface area (TPSA) is 56.2 Å². The van der Waals surface area contributed by atoms with Crippen molar-refractivity contribution in [3.05, 3.63) is 62.8 Å². The molecule has 2 aromatic carbocycles. The van der Waals surface area contributed by atoms with Gasteiger partial charge in [0.15, 0.2) is 5.43 Å². The van der Waals surface area contributed by atoms with E-state index >= 15 is 0 Å². The van der Waals surface area contributed by atoms with E-state index in [1.54, 1.807) is 18.2 Å². The molecule has 1 aromatic heterocycles. The van der Waals surface area contributed by atoms with E-state index in [0.717, 1.165) is 16.7 Å². The van der Waals surface area contributed by atoms with Gasteiger partial charge in [0.2, 0.25) is 0 Å². The van der Waals surface area contributed by atoms with Crippen LogP contribution in [0.4, 0.5) is 5.69 Å². The van der Waals surface area contributed by atoms with E-state index in [2.05, 4.69) is 0 Å². The number of benzene rings is 2. The lowest BCUT2D eigenvalue weighted by Gasteiger charge is -2.09. The lowest BCUT2D eigenvalue weighted by Crippen LogP contribution is -2.03. The zero-order chi connectivity index (χ0) is 15.1. The highest BCUT2D eigenvalue weighted by atomic mass is 35.5. The summed E-state index contributed by atoms with van der Waals surface area (Å²) in [5.41, 5.74) is 9.25. The Morgan fingerprint density at radius 1 is 1.14 bits per heavy atom. The molecule has 106 valence electrons. The van der Waals surface area contributed by atoms with E-state index in [9.17, 15) is 4.79 Å². The van der Waals surface area contributed by atoms with Crippen LogP contribution in [-0.4, -0.2) is 0 Å². The zero-order valence-electron chi connectivity index (χ0n) is 11.7. The van der Waals surface area contributed by atoms with Crippen molar-refractivity contribution in [3.63, 3.8) is 0 Å². The van der Waals surface area contributed by atoms with Crippen LogP contribution in [0.3, 0.4) is 0 Å². The van der Waals surface area contributed by atoms with E-state index in [0.29, 0.717) is 27.4 Å². The monoisotopic (exact) mass is 299 g/mol. The zero-order valence-corrected chi connectivity index (χ0v) is 12.5. The normalized spacial score (nSPS) is 11.0. The molecule has 0 spiro atoms.